The predicted molar refractivity (Wildman–Crippen MR) is 125 cm³/mol. The van der Waals surface area contributed by atoms with Crippen LogP contribution in [0, 0.1) is 12.7 Å². The lowest BCUT2D eigenvalue weighted by Gasteiger charge is -2.19. The molecule has 206 valence electrons. The number of ether oxygens (including phenoxy) is 1. The number of nitrogens with one attached hydrogen (secondary N) is 2. The Balaban J connectivity index is 1.60. The summed E-state index contributed by atoms with van der Waals surface area (Å²) in [5, 5.41) is 10.2. The van der Waals surface area contributed by atoms with E-state index in [1.807, 2.05) is 0 Å². The average Bonchev–Trinajstić information content (AvgIpc) is 3.26. The smallest absolute Gasteiger partial charge is 0.439 e. The first kappa shape index (κ1) is 28.9. The van der Waals surface area contributed by atoms with E-state index in [-0.39, 0.29) is 37.6 Å². The summed E-state index contributed by atoms with van der Waals surface area (Å²) in [6.45, 7) is 1.31. The summed E-state index contributed by atoms with van der Waals surface area (Å²) in [5.41, 5.74) is 7.03. The van der Waals surface area contributed by atoms with Gasteiger partial charge < -0.3 is 10.5 Å². The normalized spacial score (nSPS) is 12.9. The second-order valence-corrected chi connectivity index (χ2v) is 9.98. The fraction of sp³-hybridized carbons (Fsp3) is 0.381. The van der Waals surface area contributed by atoms with Crippen LogP contribution in [0.15, 0.2) is 36.7 Å². The topological polar surface area (TPSA) is 167 Å². The Morgan fingerprint density at radius 3 is 2.61 bits per heavy atom. The number of alkyl halides is 3. The monoisotopic (exact) mass is 560 g/mol. The summed E-state index contributed by atoms with van der Waals surface area (Å²) < 4.78 is 83.9. The molecular formula is C21H24F4N8O4S. The van der Waals surface area contributed by atoms with Crippen LogP contribution >= 0.6 is 0 Å². The molecule has 38 heavy (non-hydrogen) atoms. The highest BCUT2D eigenvalue weighted by Gasteiger charge is 2.42. The third kappa shape index (κ3) is 9.00. The molecule has 17 heteroatoms. The highest BCUT2D eigenvalue weighted by molar-refractivity contribution is 7.89. The summed E-state index contributed by atoms with van der Waals surface area (Å²) in [4.78, 5) is 19.5. The lowest BCUT2D eigenvalue weighted by Crippen LogP contribution is -2.42. The fourth-order valence-electron chi connectivity index (χ4n) is 3.08. The molecule has 3 rings (SSSR count). The minimum atomic E-state index is -5.26. The lowest BCUT2D eigenvalue weighted by atomic mass is 10.2. The molecule has 0 aliphatic heterocycles. The number of aromatic nitrogens is 5. The molecule has 0 radical (unpaired) electrons. The lowest BCUT2D eigenvalue weighted by molar-refractivity contribution is -0.206. The molecule has 2 heterocycles. The van der Waals surface area contributed by atoms with E-state index in [9.17, 15) is 30.8 Å². The van der Waals surface area contributed by atoms with E-state index >= 15 is 0 Å². The van der Waals surface area contributed by atoms with Gasteiger partial charge in [-0.2, -0.15) is 13.2 Å². The molecule has 0 aliphatic carbocycles. The number of aryl methyl sites for hydroxylation is 1. The van der Waals surface area contributed by atoms with Crippen LogP contribution in [0.4, 0.5) is 23.4 Å². The molecule has 0 bridgehead atoms. The first-order chi connectivity index (χ1) is 17.8. The van der Waals surface area contributed by atoms with Gasteiger partial charge in [0.2, 0.25) is 10.0 Å². The minimum absolute atomic E-state index is 0.116. The molecule has 0 saturated carbocycles. The van der Waals surface area contributed by atoms with Crippen LogP contribution in [0.2, 0.25) is 0 Å². The molecule has 2 aromatic heterocycles. The van der Waals surface area contributed by atoms with Crippen molar-refractivity contribution in [2.24, 2.45) is 0 Å². The zero-order valence-electron chi connectivity index (χ0n) is 19.9. The van der Waals surface area contributed by atoms with Gasteiger partial charge in [0.25, 0.3) is 0 Å². The Morgan fingerprint density at radius 1 is 1.24 bits per heavy atom. The fourth-order valence-corrected chi connectivity index (χ4v) is 4.00. The summed E-state index contributed by atoms with van der Waals surface area (Å²) in [5.74, 6) is -2.79. The number of nitrogens with zero attached hydrogens (tertiary/aromatic N) is 5. The van der Waals surface area contributed by atoms with Gasteiger partial charge in [0, 0.05) is 37.5 Å². The van der Waals surface area contributed by atoms with Crippen molar-refractivity contribution in [1.29, 1.82) is 0 Å². The first-order valence-corrected chi connectivity index (χ1v) is 12.7. The zero-order chi connectivity index (χ0) is 27.9. The Hall–Kier alpha value is -3.70. The molecule has 1 atom stereocenters. The number of rotatable bonds is 12. The van der Waals surface area contributed by atoms with Gasteiger partial charge in [-0.05, 0) is 24.6 Å². The van der Waals surface area contributed by atoms with Crippen molar-refractivity contribution in [1.82, 2.24) is 35.0 Å². The number of nitrogen functional groups attached to an aromatic ring is 1. The van der Waals surface area contributed by atoms with Gasteiger partial charge in [0.1, 0.15) is 17.5 Å². The Bertz CT molecular complexity index is 1350. The predicted octanol–water partition coefficient (Wildman–Crippen LogP) is 0.829. The molecule has 0 saturated heterocycles. The standard InChI is InChI=1S/C21H24F4N8O4S/c1-13-28-10-15(19(26)30-13)11-33-12-17(31-32-33)8-18(37-20(34)21(23,24)25)27-6-7-38(35,36)29-9-14-2-4-16(22)5-3-14/h2-5,10,12,18,27,29H,6-9,11H2,1H3,(H2,26,28,30). The van der Waals surface area contributed by atoms with Crippen LogP contribution in [-0.4, -0.2) is 64.1 Å². The molecule has 0 spiro atoms. The van der Waals surface area contributed by atoms with Crippen LogP contribution < -0.4 is 15.8 Å². The van der Waals surface area contributed by atoms with E-state index in [1.54, 1.807) is 6.92 Å². The summed E-state index contributed by atoms with van der Waals surface area (Å²) in [7, 11) is -3.88. The van der Waals surface area contributed by atoms with E-state index in [0.717, 1.165) is 0 Å². The van der Waals surface area contributed by atoms with Crippen molar-refractivity contribution >= 4 is 21.8 Å². The molecule has 12 nitrogen and oxygen atoms in total. The number of halogens is 4. The maximum Gasteiger partial charge on any atom is 0.490 e. The minimum Gasteiger partial charge on any atom is -0.439 e. The molecule has 0 aliphatic rings. The Labute approximate surface area is 214 Å². The maximum atomic E-state index is 13.0. The number of nitrogens with two attached hydrogens (primary N) is 1. The molecule has 0 fully saturated rings. The summed E-state index contributed by atoms with van der Waals surface area (Å²) in [6, 6.07) is 5.14. The zero-order valence-corrected chi connectivity index (χ0v) is 20.8. The van der Waals surface area contributed by atoms with Gasteiger partial charge >= 0.3 is 12.1 Å². The van der Waals surface area contributed by atoms with Crippen molar-refractivity contribution in [2.75, 3.05) is 18.0 Å². The van der Waals surface area contributed by atoms with Gasteiger partial charge in [0.15, 0.2) is 6.23 Å². The highest BCUT2D eigenvalue weighted by atomic mass is 32.2. The van der Waals surface area contributed by atoms with Crippen LogP contribution in [0.3, 0.4) is 0 Å². The van der Waals surface area contributed by atoms with E-state index in [0.29, 0.717) is 17.0 Å². The average molecular weight is 561 g/mol. The highest BCUT2D eigenvalue weighted by Crippen LogP contribution is 2.18. The largest absolute Gasteiger partial charge is 0.490 e. The molecule has 3 aromatic rings. The number of carbonyl (C=O) groups excluding carboxylic acids is 1. The Kier molecular flexibility index (Phi) is 9.29. The van der Waals surface area contributed by atoms with Crippen molar-refractivity contribution in [3.63, 3.8) is 0 Å². The molecule has 1 unspecified atom stereocenters. The van der Waals surface area contributed by atoms with Gasteiger partial charge in [-0.1, -0.05) is 17.3 Å². The third-order valence-electron chi connectivity index (χ3n) is 4.96. The number of hydrogen-bond donors (Lipinski definition) is 3. The van der Waals surface area contributed by atoms with Gasteiger partial charge in [-0.25, -0.2) is 37.0 Å². The quantitative estimate of drug-likeness (QED) is 0.164. The van der Waals surface area contributed by atoms with Crippen LogP contribution in [-0.2, 0) is 39.1 Å². The SMILES string of the molecule is Cc1ncc(Cn2cc(CC(NCCS(=O)(=O)NCc3ccc(F)cc3)OC(=O)C(F)(F)F)nn2)c(N)n1. The van der Waals surface area contributed by atoms with E-state index < -0.39 is 40.0 Å². The van der Waals surface area contributed by atoms with Crippen LogP contribution in [0.25, 0.3) is 0 Å². The number of anilines is 1. The second-order valence-electron chi connectivity index (χ2n) is 8.05. The molecule has 1 aromatic carbocycles. The summed E-state index contributed by atoms with van der Waals surface area (Å²) in [6.07, 6.45) is -4.27. The van der Waals surface area contributed by atoms with Crippen molar-refractivity contribution in [3.05, 3.63) is 65.1 Å². The maximum absolute atomic E-state index is 13.0. The number of benzene rings is 1. The van der Waals surface area contributed by atoms with E-state index in [1.165, 1.54) is 41.3 Å². The van der Waals surface area contributed by atoms with Gasteiger partial charge in [-0.15, -0.1) is 5.10 Å². The second kappa shape index (κ2) is 12.2. The van der Waals surface area contributed by atoms with Crippen molar-refractivity contribution < 1.29 is 35.5 Å². The first-order valence-electron chi connectivity index (χ1n) is 11.0. The molecule has 4 N–H and O–H groups in total. The Morgan fingerprint density at radius 2 is 1.95 bits per heavy atom. The van der Waals surface area contributed by atoms with E-state index in [4.69, 9.17) is 5.73 Å². The van der Waals surface area contributed by atoms with Crippen LogP contribution in [0.5, 0.6) is 0 Å². The summed E-state index contributed by atoms with van der Waals surface area (Å²) >= 11 is 0. The van der Waals surface area contributed by atoms with Crippen molar-refractivity contribution in [3.8, 4) is 0 Å². The van der Waals surface area contributed by atoms with Gasteiger partial charge in [-0.3, -0.25) is 5.32 Å². The number of hydrogen-bond acceptors (Lipinski definition) is 10. The van der Waals surface area contributed by atoms with E-state index in [2.05, 4.69) is 35.1 Å². The van der Waals surface area contributed by atoms with Crippen LogP contribution in [0.1, 0.15) is 22.6 Å². The molecular weight excluding hydrogens is 536 g/mol. The number of esters is 1. The molecule has 0 amide bonds. The van der Waals surface area contributed by atoms with Gasteiger partial charge in [0.05, 0.1) is 18.0 Å². The third-order valence-corrected chi connectivity index (χ3v) is 6.29. The number of carbonyl (C=O) groups is 1. The van der Waals surface area contributed by atoms with Crippen molar-refractivity contribution in [2.45, 2.75) is 38.8 Å². The number of sulfonamides is 1.